The van der Waals surface area contributed by atoms with Crippen molar-refractivity contribution in [2.75, 3.05) is 7.11 Å². The van der Waals surface area contributed by atoms with E-state index in [9.17, 15) is 14.7 Å². The number of esters is 1. The van der Waals surface area contributed by atoms with Crippen LogP contribution in [0.2, 0.25) is 0 Å². The van der Waals surface area contributed by atoms with E-state index in [1.807, 2.05) is 0 Å². The molecule has 4 aliphatic rings. The molecule has 0 bridgehead atoms. The van der Waals surface area contributed by atoms with E-state index in [1.54, 1.807) is 0 Å². The maximum Gasteiger partial charge on any atom is 0.347 e. The number of hydrogen-bond acceptors (Lipinski definition) is 5. The number of hydrogen-bond donors (Lipinski definition) is 1. The molecule has 0 aromatic rings. The third-order valence-corrected chi connectivity index (χ3v) is 10.7. The molecule has 0 aromatic heterocycles. The van der Waals surface area contributed by atoms with E-state index < -0.39 is 12.1 Å². The number of methoxy groups -OCH3 is 1. The number of carbonyl (C=O) groups is 2. The quantitative estimate of drug-likeness (QED) is 0.482. The topological polar surface area (TPSA) is 72.8 Å². The summed E-state index contributed by atoms with van der Waals surface area (Å²) in [7, 11) is 1.33. The molecule has 176 valence electrons. The molecular weight excluding hydrogens is 392 g/mol. The average molecular weight is 435 g/mol. The lowest BCUT2D eigenvalue weighted by Gasteiger charge is -2.62. The first-order valence-corrected chi connectivity index (χ1v) is 12.6. The second-order valence-electron chi connectivity index (χ2n) is 11.7. The molecule has 4 aliphatic carbocycles. The Labute approximate surface area is 187 Å². The number of fused-ring (bicyclic) bond motifs is 5. The van der Waals surface area contributed by atoms with Crippen molar-refractivity contribution in [1.82, 2.24) is 0 Å². The predicted molar refractivity (Wildman–Crippen MR) is 118 cm³/mol. The first-order chi connectivity index (χ1) is 14.8. The van der Waals surface area contributed by atoms with Crippen molar-refractivity contribution in [2.45, 2.75) is 97.2 Å². The van der Waals surface area contributed by atoms with Crippen LogP contribution in [0.5, 0.6) is 0 Å². The van der Waals surface area contributed by atoms with Gasteiger partial charge in [0.25, 0.3) is 6.47 Å². The van der Waals surface area contributed by atoms with Crippen LogP contribution in [0.1, 0.15) is 85.0 Å². The molecule has 0 amide bonds. The molecule has 1 N–H and O–H groups in total. The fraction of sp³-hybridized carbons (Fsp3) is 0.923. The zero-order valence-corrected chi connectivity index (χ0v) is 19.8. The van der Waals surface area contributed by atoms with Crippen LogP contribution in [0.25, 0.3) is 0 Å². The Morgan fingerprint density at radius 3 is 2.61 bits per heavy atom. The molecule has 5 nitrogen and oxygen atoms in total. The monoisotopic (exact) mass is 434 g/mol. The van der Waals surface area contributed by atoms with Gasteiger partial charge < -0.3 is 14.6 Å². The first kappa shape index (κ1) is 23.1. The molecule has 4 saturated carbocycles. The molecule has 4 fully saturated rings. The van der Waals surface area contributed by atoms with Crippen molar-refractivity contribution < 1.29 is 24.2 Å². The second-order valence-corrected chi connectivity index (χ2v) is 11.7. The zero-order chi connectivity index (χ0) is 22.4. The van der Waals surface area contributed by atoms with E-state index in [4.69, 9.17) is 9.47 Å². The van der Waals surface area contributed by atoms with E-state index in [-0.39, 0.29) is 17.4 Å². The fourth-order valence-electron chi connectivity index (χ4n) is 9.13. The van der Waals surface area contributed by atoms with Gasteiger partial charge >= 0.3 is 5.97 Å². The van der Waals surface area contributed by atoms with E-state index in [1.165, 1.54) is 52.1 Å². The minimum absolute atomic E-state index is 0.125. The lowest BCUT2D eigenvalue weighted by molar-refractivity contribution is -0.171. The summed E-state index contributed by atoms with van der Waals surface area (Å²) in [5.41, 5.74) is 0.279. The largest absolute Gasteiger partial charge is 0.466 e. The average Bonchev–Trinajstić information content (AvgIpc) is 3.12. The van der Waals surface area contributed by atoms with E-state index in [0.717, 1.165) is 18.8 Å². The summed E-state index contributed by atoms with van der Waals surface area (Å²) in [6.45, 7) is 7.35. The van der Waals surface area contributed by atoms with Crippen LogP contribution in [0.4, 0.5) is 0 Å². The highest BCUT2D eigenvalue weighted by Gasteiger charge is 2.63. The molecule has 0 saturated heterocycles. The van der Waals surface area contributed by atoms with Crippen LogP contribution in [0.15, 0.2) is 0 Å². The second kappa shape index (κ2) is 8.68. The van der Waals surface area contributed by atoms with Gasteiger partial charge in [-0.2, -0.15) is 0 Å². The Hall–Kier alpha value is -1.10. The van der Waals surface area contributed by atoms with Crippen LogP contribution in [0.3, 0.4) is 0 Å². The lowest BCUT2D eigenvalue weighted by Crippen LogP contribution is -2.58. The maximum absolute atomic E-state index is 12.1. The van der Waals surface area contributed by atoms with E-state index in [2.05, 4.69) is 20.8 Å². The Morgan fingerprint density at radius 2 is 1.90 bits per heavy atom. The molecule has 4 rings (SSSR count). The van der Waals surface area contributed by atoms with E-state index >= 15 is 0 Å². The SMILES string of the molecule is COC(=O)C(C[C@@H](C)[C@H]1CC[C@H]2[C@@H]3CCC4CCCC[C@]4(C)[C@H]3CC(O)[C@]12C)OC=O. The van der Waals surface area contributed by atoms with Gasteiger partial charge in [0.1, 0.15) is 0 Å². The van der Waals surface area contributed by atoms with Crippen LogP contribution in [-0.4, -0.2) is 36.9 Å². The smallest absolute Gasteiger partial charge is 0.347 e. The molecule has 0 aliphatic heterocycles. The first-order valence-electron chi connectivity index (χ1n) is 12.6. The van der Waals surface area contributed by atoms with Crippen molar-refractivity contribution in [1.29, 1.82) is 0 Å². The maximum atomic E-state index is 12.1. The summed E-state index contributed by atoms with van der Waals surface area (Å²) < 4.78 is 9.90. The van der Waals surface area contributed by atoms with Gasteiger partial charge in [0.2, 0.25) is 0 Å². The number of aliphatic hydroxyl groups excluding tert-OH is 1. The Kier molecular flexibility index (Phi) is 6.46. The summed E-state index contributed by atoms with van der Waals surface area (Å²) >= 11 is 0. The Balaban J connectivity index is 1.54. The van der Waals surface area contributed by atoms with Crippen LogP contribution in [0, 0.1) is 46.3 Å². The minimum atomic E-state index is -0.856. The van der Waals surface area contributed by atoms with Crippen molar-refractivity contribution in [3.63, 3.8) is 0 Å². The van der Waals surface area contributed by atoms with Gasteiger partial charge in [-0.1, -0.05) is 33.6 Å². The molecule has 0 radical (unpaired) electrons. The van der Waals surface area contributed by atoms with Gasteiger partial charge in [-0.05, 0) is 97.7 Å². The third kappa shape index (κ3) is 3.63. The van der Waals surface area contributed by atoms with Crippen LogP contribution >= 0.6 is 0 Å². The molecule has 5 heteroatoms. The number of carbonyl (C=O) groups excluding carboxylic acids is 2. The molecule has 3 unspecified atom stereocenters. The lowest BCUT2D eigenvalue weighted by atomic mass is 9.44. The van der Waals surface area contributed by atoms with Gasteiger partial charge in [0.05, 0.1) is 13.2 Å². The normalized spacial score (nSPS) is 46.1. The number of ether oxygens (including phenoxy) is 2. The number of aliphatic hydroxyl groups is 1. The van der Waals surface area contributed by atoms with Crippen molar-refractivity contribution >= 4 is 12.4 Å². The zero-order valence-electron chi connectivity index (χ0n) is 19.8. The van der Waals surface area contributed by atoms with Gasteiger partial charge in [-0.25, -0.2) is 4.79 Å². The molecule has 31 heavy (non-hydrogen) atoms. The van der Waals surface area contributed by atoms with Crippen LogP contribution < -0.4 is 0 Å². The van der Waals surface area contributed by atoms with Crippen molar-refractivity contribution in [2.24, 2.45) is 46.3 Å². The standard InChI is InChI=1S/C26H42O5/c1-16(13-22(31-15-27)24(29)30-4)19-10-11-20-18-9-8-17-7-5-6-12-25(17,2)21(18)14-23(28)26(19,20)3/h15-23,28H,5-14H2,1-4H3/t16-,17?,18+,19-,20+,21+,22?,23?,25+,26-/m1/s1. The third-order valence-electron chi connectivity index (χ3n) is 10.7. The van der Waals surface area contributed by atoms with Gasteiger partial charge in [0, 0.05) is 0 Å². The summed E-state index contributed by atoms with van der Waals surface area (Å²) in [6.07, 6.45) is 10.6. The molecule has 0 heterocycles. The van der Waals surface area contributed by atoms with E-state index in [0.29, 0.717) is 42.0 Å². The predicted octanol–water partition coefficient (Wildman–Crippen LogP) is 4.75. The minimum Gasteiger partial charge on any atom is -0.466 e. The van der Waals surface area contributed by atoms with Crippen molar-refractivity contribution in [3.8, 4) is 0 Å². The Morgan fingerprint density at radius 1 is 1.13 bits per heavy atom. The summed E-state index contributed by atoms with van der Waals surface area (Å²) in [5.74, 6) is 2.77. The molecule has 10 atom stereocenters. The molecule has 0 aromatic carbocycles. The highest BCUT2D eigenvalue weighted by atomic mass is 16.6. The van der Waals surface area contributed by atoms with Gasteiger partial charge in [-0.3, -0.25) is 4.79 Å². The van der Waals surface area contributed by atoms with Gasteiger partial charge in [0.15, 0.2) is 6.10 Å². The highest BCUT2D eigenvalue weighted by Crippen LogP contribution is 2.68. The molecule has 0 spiro atoms. The summed E-state index contributed by atoms with van der Waals surface area (Å²) in [4.78, 5) is 23.0. The summed E-state index contributed by atoms with van der Waals surface area (Å²) in [5, 5.41) is 11.6. The number of rotatable bonds is 6. The van der Waals surface area contributed by atoms with Crippen molar-refractivity contribution in [3.05, 3.63) is 0 Å². The fourth-order valence-corrected chi connectivity index (χ4v) is 9.13. The van der Waals surface area contributed by atoms with Gasteiger partial charge in [-0.15, -0.1) is 0 Å². The van der Waals surface area contributed by atoms with Crippen LogP contribution in [-0.2, 0) is 19.1 Å². The summed E-state index contributed by atoms with van der Waals surface area (Å²) in [6, 6.07) is 0. The molecular formula is C26H42O5. The Bertz CT molecular complexity index is 679. The highest BCUT2D eigenvalue weighted by molar-refractivity contribution is 5.75.